The van der Waals surface area contributed by atoms with Crippen molar-refractivity contribution in [2.75, 3.05) is 47.5 Å². The van der Waals surface area contributed by atoms with Gasteiger partial charge < -0.3 is 19.2 Å². The average Bonchev–Trinajstić information content (AvgIpc) is 2.70. The quantitative estimate of drug-likeness (QED) is 0.0987. The molecular formula is C23H49NO7P+. The number of hydrogen-bond acceptors (Lipinski definition) is 6. The van der Waals surface area contributed by atoms with Crippen molar-refractivity contribution in [3.05, 3.63) is 0 Å². The van der Waals surface area contributed by atoms with E-state index in [2.05, 4.69) is 6.92 Å². The standard InChI is InChI=1S/C23H48NO7P/c1-5-6-7-8-9-10-11-12-13-14-15-16-17-23(26)31-22(20-25)21-30-32(27,28)29-19-18-24(2,3)4/h22,25H,5-21H2,1-4H3/p+1/t22-/m1/s1. The molecule has 0 aromatic heterocycles. The first-order valence-corrected chi connectivity index (χ1v) is 13.8. The molecule has 0 amide bonds. The van der Waals surface area contributed by atoms with Crippen LogP contribution >= 0.6 is 7.82 Å². The number of carbonyl (C=O) groups excluding carboxylic acids is 1. The van der Waals surface area contributed by atoms with Gasteiger partial charge in [-0.15, -0.1) is 0 Å². The van der Waals surface area contributed by atoms with Gasteiger partial charge in [0, 0.05) is 6.42 Å². The summed E-state index contributed by atoms with van der Waals surface area (Å²) in [5.41, 5.74) is 0. The minimum Gasteiger partial charge on any atom is -0.457 e. The molecule has 192 valence electrons. The summed E-state index contributed by atoms with van der Waals surface area (Å²) in [6, 6.07) is 0. The fourth-order valence-corrected chi connectivity index (χ4v) is 3.87. The van der Waals surface area contributed by atoms with Crippen LogP contribution < -0.4 is 0 Å². The van der Waals surface area contributed by atoms with E-state index in [9.17, 15) is 19.4 Å². The van der Waals surface area contributed by atoms with Gasteiger partial charge in [0.2, 0.25) is 0 Å². The summed E-state index contributed by atoms with van der Waals surface area (Å²) in [6.07, 6.45) is 13.9. The first kappa shape index (κ1) is 31.5. The predicted octanol–water partition coefficient (Wildman–Crippen LogP) is 4.82. The van der Waals surface area contributed by atoms with Crippen LogP contribution in [0, 0.1) is 0 Å². The van der Waals surface area contributed by atoms with Crippen molar-refractivity contribution >= 4 is 13.8 Å². The lowest BCUT2D eigenvalue weighted by Crippen LogP contribution is -2.37. The largest absolute Gasteiger partial charge is 0.472 e. The Bertz CT molecular complexity index is 511. The highest BCUT2D eigenvalue weighted by molar-refractivity contribution is 7.47. The maximum atomic E-state index is 11.9. The van der Waals surface area contributed by atoms with Crippen molar-refractivity contribution in [1.82, 2.24) is 0 Å². The third-order valence-corrected chi connectivity index (χ3v) is 6.16. The fourth-order valence-electron chi connectivity index (χ4n) is 3.12. The summed E-state index contributed by atoms with van der Waals surface area (Å²) >= 11 is 0. The molecule has 0 spiro atoms. The molecule has 0 bridgehead atoms. The molecule has 0 aromatic carbocycles. The number of phosphoric acid groups is 1. The summed E-state index contributed by atoms with van der Waals surface area (Å²) in [7, 11) is 1.55. The van der Waals surface area contributed by atoms with Gasteiger partial charge in [-0.1, -0.05) is 77.6 Å². The van der Waals surface area contributed by atoms with Gasteiger partial charge in [-0.25, -0.2) is 4.57 Å². The fraction of sp³-hybridized carbons (Fsp3) is 0.957. The zero-order chi connectivity index (χ0) is 24.3. The summed E-state index contributed by atoms with van der Waals surface area (Å²) in [5.74, 6) is -0.432. The molecule has 8 nitrogen and oxygen atoms in total. The van der Waals surface area contributed by atoms with Crippen molar-refractivity contribution < 1.29 is 37.6 Å². The monoisotopic (exact) mass is 482 g/mol. The highest BCUT2D eigenvalue weighted by atomic mass is 31.2. The summed E-state index contributed by atoms with van der Waals surface area (Å²) < 4.78 is 27.4. The van der Waals surface area contributed by atoms with Crippen molar-refractivity contribution in [3.63, 3.8) is 0 Å². The maximum Gasteiger partial charge on any atom is 0.472 e. The van der Waals surface area contributed by atoms with Crippen LogP contribution in [0.4, 0.5) is 0 Å². The highest BCUT2D eigenvalue weighted by Gasteiger charge is 2.25. The number of likely N-dealkylation sites (N-methyl/N-ethyl adjacent to an activating group) is 1. The summed E-state index contributed by atoms with van der Waals surface area (Å²) in [4.78, 5) is 21.6. The number of nitrogens with zero attached hydrogens (tertiary/aromatic N) is 1. The number of quaternary nitrogens is 1. The number of hydrogen-bond donors (Lipinski definition) is 2. The van der Waals surface area contributed by atoms with Gasteiger partial charge in [-0.3, -0.25) is 13.8 Å². The number of esters is 1. The van der Waals surface area contributed by atoms with E-state index in [-0.39, 0.29) is 13.0 Å². The first-order valence-electron chi connectivity index (χ1n) is 12.3. The number of phosphoric ester groups is 1. The Labute approximate surface area is 195 Å². The number of rotatable bonds is 22. The number of aliphatic hydroxyl groups excluding tert-OH is 1. The second kappa shape index (κ2) is 18.9. The van der Waals surface area contributed by atoms with Crippen LogP contribution in [0.2, 0.25) is 0 Å². The number of aliphatic hydroxyl groups is 1. The lowest BCUT2D eigenvalue weighted by molar-refractivity contribution is -0.870. The van der Waals surface area contributed by atoms with E-state index in [0.717, 1.165) is 19.3 Å². The molecule has 0 heterocycles. The Morgan fingerprint density at radius 2 is 1.38 bits per heavy atom. The lowest BCUT2D eigenvalue weighted by atomic mass is 10.0. The Morgan fingerprint density at radius 1 is 0.875 bits per heavy atom. The van der Waals surface area contributed by atoms with E-state index in [0.29, 0.717) is 11.0 Å². The van der Waals surface area contributed by atoms with Crippen LogP contribution in [0.5, 0.6) is 0 Å². The zero-order valence-electron chi connectivity index (χ0n) is 20.9. The van der Waals surface area contributed by atoms with Crippen molar-refractivity contribution in [1.29, 1.82) is 0 Å². The van der Waals surface area contributed by atoms with Crippen molar-refractivity contribution in [3.8, 4) is 0 Å². The van der Waals surface area contributed by atoms with E-state index in [1.54, 1.807) is 0 Å². The smallest absolute Gasteiger partial charge is 0.457 e. The molecule has 0 saturated heterocycles. The normalized spacial score (nSPS) is 14.8. The Morgan fingerprint density at radius 3 is 1.84 bits per heavy atom. The second-order valence-electron chi connectivity index (χ2n) is 9.55. The highest BCUT2D eigenvalue weighted by Crippen LogP contribution is 2.43. The molecule has 2 N–H and O–H groups in total. The van der Waals surface area contributed by atoms with Gasteiger partial charge in [0.25, 0.3) is 0 Å². The third-order valence-electron chi connectivity index (χ3n) is 5.18. The molecule has 0 saturated carbocycles. The molecule has 0 radical (unpaired) electrons. The minimum absolute atomic E-state index is 0.0554. The van der Waals surface area contributed by atoms with Gasteiger partial charge in [-0.2, -0.15) is 0 Å². The average molecular weight is 483 g/mol. The van der Waals surface area contributed by atoms with Crippen LogP contribution in [0.3, 0.4) is 0 Å². The van der Waals surface area contributed by atoms with E-state index in [1.165, 1.54) is 57.8 Å². The first-order chi connectivity index (χ1) is 15.1. The van der Waals surface area contributed by atoms with Gasteiger partial charge in [0.05, 0.1) is 34.4 Å². The topological polar surface area (TPSA) is 102 Å². The Balaban J connectivity index is 3.78. The number of unbranched alkanes of at least 4 members (excludes halogenated alkanes) is 11. The minimum atomic E-state index is -4.25. The van der Waals surface area contributed by atoms with Gasteiger partial charge in [0.15, 0.2) is 0 Å². The van der Waals surface area contributed by atoms with Gasteiger partial charge in [0.1, 0.15) is 19.3 Å². The molecule has 0 aliphatic rings. The number of carbonyl (C=O) groups is 1. The van der Waals surface area contributed by atoms with Gasteiger partial charge in [-0.05, 0) is 6.42 Å². The lowest BCUT2D eigenvalue weighted by Gasteiger charge is -2.24. The van der Waals surface area contributed by atoms with Gasteiger partial charge >= 0.3 is 13.8 Å². The SMILES string of the molecule is CCCCCCCCCCCCCCC(=O)O[C@H](CO)COP(=O)(O)OCC[N+](C)(C)C. The van der Waals surface area contributed by atoms with Crippen molar-refractivity contribution in [2.24, 2.45) is 0 Å². The molecule has 1 unspecified atom stereocenters. The van der Waals surface area contributed by atoms with Crippen molar-refractivity contribution in [2.45, 2.75) is 96.5 Å². The van der Waals surface area contributed by atoms with Crippen LogP contribution in [-0.4, -0.2) is 74.1 Å². The molecule has 0 aliphatic heterocycles. The molecule has 0 rings (SSSR count). The molecule has 2 atom stereocenters. The molecule has 9 heteroatoms. The van der Waals surface area contributed by atoms with Crippen LogP contribution in [0.15, 0.2) is 0 Å². The van der Waals surface area contributed by atoms with E-state index < -0.39 is 33.1 Å². The Hall–Kier alpha value is -0.500. The van der Waals surface area contributed by atoms with E-state index in [1.807, 2.05) is 21.1 Å². The predicted molar refractivity (Wildman–Crippen MR) is 127 cm³/mol. The second-order valence-corrected chi connectivity index (χ2v) is 11.0. The molecular weight excluding hydrogens is 433 g/mol. The molecule has 0 fully saturated rings. The van der Waals surface area contributed by atoms with Crippen LogP contribution in [0.1, 0.15) is 90.4 Å². The summed E-state index contributed by atoms with van der Waals surface area (Å²) in [6.45, 7) is 1.95. The van der Waals surface area contributed by atoms with Crippen LogP contribution in [-0.2, 0) is 23.1 Å². The maximum absolute atomic E-state index is 11.9. The van der Waals surface area contributed by atoms with Crippen LogP contribution in [0.25, 0.3) is 0 Å². The van der Waals surface area contributed by atoms with E-state index in [4.69, 9.17) is 13.8 Å². The molecule has 0 aliphatic carbocycles. The number of ether oxygens (including phenoxy) is 1. The third kappa shape index (κ3) is 21.4. The Kier molecular flexibility index (Phi) is 18.6. The molecule has 0 aromatic rings. The summed E-state index contributed by atoms with van der Waals surface area (Å²) in [5, 5.41) is 9.36. The molecule has 32 heavy (non-hydrogen) atoms. The zero-order valence-corrected chi connectivity index (χ0v) is 21.8. The van der Waals surface area contributed by atoms with E-state index >= 15 is 0 Å².